The lowest BCUT2D eigenvalue weighted by Crippen LogP contribution is -2.01. The highest BCUT2D eigenvalue weighted by molar-refractivity contribution is 5.98. The normalized spacial score (nSPS) is 10.6. The van der Waals surface area contributed by atoms with Gasteiger partial charge in [-0.15, -0.1) is 0 Å². The first kappa shape index (κ1) is 11.6. The van der Waals surface area contributed by atoms with Crippen LogP contribution in [-0.2, 0) is 0 Å². The van der Waals surface area contributed by atoms with E-state index < -0.39 is 0 Å². The number of Topliss-reactive ketones (excluding diaryl/α,β-unsaturated/α-hetero) is 1. The average Bonchev–Trinajstić information content (AvgIpc) is 2.18. The average molecular weight is 208 g/mol. The number of phenolic OH excluding ortho intramolecular Hbond substituents is 2. The second-order valence-electron chi connectivity index (χ2n) is 4.06. The molecule has 0 unspecified atom stereocenters. The van der Waals surface area contributed by atoms with E-state index >= 15 is 0 Å². The van der Waals surface area contributed by atoms with Crippen LogP contribution < -0.4 is 0 Å². The van der Waals surface area contributed by atoms with Gasteiger partial charge in [-0.05, 0) is 30.5 Å². The van der Waals surface area contributed by atoms with Gasteiger partial charge in [0, 0.05) is 6.42 Å². The van der Waals surface area contributed by atoms with Gasteiger partial charge in [-0.3, -0.25) is 4.79 Å². The van der Waals surface area contributed by atoms with E-state index in [1.54, 1.807) is 0 Å². The first-order chi connectivity index (χ1) is 7.00. The van der Waals surface area contributed by atoms with Crippen LogP contribution in [0.1, 0.15) is 37.0 Å². The summed E-state index contributed by atoms with van der Waals surface area (Å²) < 4.78 is 0. The molecule has 0 fully saturated rings. The lowest BCUT2D eigenvalue weighted by molar-refractivity contribution is 0.0972. The monoisotopic (exact) mass is 208 g/mol. The number of phenols is 2. The Balaban J connectivity index is 2.77. The van der Waals surface area contributed by atoms with Crippen molar-refractivity contribution >= 4 is 5.78 Å². The van der Waals surface area contributed by atoms with E-state index in [-0.39, 0.29) is 22.8 Å². The lowest BCUT2D eigenvalue weighted by Gasteiger charge is -2.06. The molecule has 2 N–H and O–H groups in total. The van der Waals surface area contributed by atoms with Crippen molar-refractivity contribution in [2.24, 2.45) is 5.92 Å². The molecule has 0 spiro atoms. The summed E-state index contributed by atoms with van der Waals surface area (Å²) in [4.78, 5) is 11.7. The zero-order valence-corrected chi connectivity index (χ0v) is 9.03. The Kier molecular flexibility index (Phi) is 3.72. The summed E-state index contributed by atoms with van der Waals surface area (Å²) in [6.07, 6.45) is 1.18. The van der Waals surface area contributed by atoms with Crippen molar-refractivity contribution in [3.05, 3.63) is 23.8 Å². The molecule has 0 bridgehead atoms. The number of carbonyl (C=O) groups excluding carboxylic acids is 1. The van der Waals surface area contributed by atoms with Crippen LogP contribution in [0.15, 0.2) is 18.2 Å². The molecular formula is C12H16O3. The van der Waals surface area contributed by atoms with Crippen LogP contribution >= 0.6 is 0 Å². The van der Waals surface area contributed by atoms with Crippen molar-refractivity contribution in [2.45, 2.75) is 26.7 Å². The van der Waals surface area contributed by atoms with Crippen LogP contribution in [0.4, 0.5) is 0 Å². The maximum absolute atomic E-state index is 11.7. The molecule has 0 aromatic heterocycles. The van der Waals surface area contributed by atoms with Gasteiger partial charge < -0.3 is 10.2 Å². The maximum Gasteiger partial charge on any atom is 0.166 e. The molecule has 0 saturated heterocycles. The fraction of sp³-hybridized carbons (Fsp3) is 0.417. The Bertz CT molecular complexity index is 356. The van der Waals surface area contributed by atoms with Gasteiger partial charge in [0.1, 0.15) is 11.5 Å². The van der Waals surface area contributed by atoms with E-state index in [2.05, 4.69) is 0 Å². The number of aromatic hydroxyl groups is 2. The number of carbonyl (C=O) groups is 1. The van der Waals surface area contributed by atoms with Gasteiger partial charge in [-0.25, -0.2) is 0 Å². The highest BCUT2D eigenvalue weighted by atomic mass is 16.3. The summed E-state index contributed by atoms with van der Waals surface area (Å²) in [6, 6.07) is 3.99. The van der Waals surface area contributed by atoms with Crippen molar-refractivity contribution in [1.29, 1.82) is 0 Å². The summed E-state index contributed by atoms with van der Waals surface area (Å²) in [5.41, 5.74) is 0.204. The minimum atomic E-state index is -0.128. The fourth-order valence-electron chi connectivity index (χ4n) is 1.30. The van der Waals surface area contributed by atoms with Crippen molar-refractivity contribution in [1.82, 2.24) is 0 Å². The number of hydrogen-bond acceptors (Lipinski definition) is 3. The minimum absolute atomic E-state index is 0.000645. The van der Waals surface area contributed by atoms with Gasteiger partial charge in [-0.1, -0.05) is 13.8 Å². The molecule has 82 valence electrons. The smallest absolute Gasteiger partial charge is 0.166 e. The molecule has 0 heterocycles. The highest BCUT2D eigenvalue weighted by Gasteiger charge is 2.12. The summed E-state index contributed by atoms with van der Waals surface area (Å²) >= 11 is 0. The van der Waals surface area contributed by atoms with Crippen molar-refractivity contribution < 1.29 is 15.0 Å². The molecular weight excluding hydrogens is 192 g/mol. The topological polar surface area (TPSA) is 57.5 Å². The van der Waals surface area contributed by atoms with Crippen LogP contribution in [0.5, 0.6) is 11.5 Å². The summed E-state index contributed by atoms with van der Waals surface area (Å²) in [7, 11) is 0. The van der Waals surface area contributed by atoms with Crippen LogP contribution in [-0.4, -0.2) is 16.0 Å². The largest absolute Gasteiger partial charge is 0.508 e. The molecule has 1 aromatic carbocycles. The molecule has 0 aliphatic heterocycles. The molecule has 15 heavy (non-hydrogen) atoms. The van der Waals surface area contributed by atoms with Crippen LogP contribution in [0, 0.1) is 5.92 Å². The molecule has 1 aromatic rings. The van der Waals surface area contributed by atoms with E-state index in [1.165, 1.54) is 18.2 Å². The Morgan fingerprint density at radius 1 is 1.33 bits per heavy atom. The van der Waals surface area contributed by atoms with Crippen LogP contribution in [0.2, 0.25) is 0 Å². The van der Waals surface area contributed by atoms with E-state index in [9.17, 15) is 15.0 Å². The van der Waals surface area contributed by atoms with Gasteiger partial charge in [0.05, 0.1) is 5.56 Å². The van der Waals surface area contributed by atoms with Gasteiger partial charge in [0.15, 0.2) is 5.78 Å². The van der Waals surface area contributed by atoms with Crippen molar-refractivity contribution in [3.63, 3.8) is 0 Å². The summed E-state index contributed by atoms with van der Waals surface area (Å²) in [5.74, 6) is 0.257. The Morgan fingerprint density at radius 2 is 2.00 bits per heavy atom. The zero-order chi connectivity index (χ0) is 11.4. The third-order valence-electron chi connectivity index (χ3n) is 2.23. The molecule has 0 atom stereocenters. The lowest BCUT2D eigenvalue weighted by atomic mass is 10.0. The number of benzene rings is 1. The Hall–Kier alpha value is -1.51. The first-order valence-corrected chi connectivity index (χ1v) is 5.06. The number of hydrogen-bond donors (Lipinski definition) is 2. The molecule has 0 aliphatic carbocycles. The zero-order valence-electron chi connectivity index (χ0n) is 9.03. The second kappa shape index (κ2) is 4.82. The van der Waals surface area contributed by atoms with E-state index in [0.717, 1.165) is 6.42 Å². The van der Waals surface area contributed by atoms with Crippen LogP contribution in [0.3, 0.4) is 0 Å². The molecule has 1 rings (SSSR count). The van der Waals surface area contributed by atoms with Crippen LogP contribution in [0.25, 0.3) is 0 Å². The predicted octanol–water partition coefficient (Wildman–Crippen LogP) is 2.72. The van der Waals surface area contributed by atoms with Gasteiger partial charge in [-0.2, -0.15) is 0 Å². The second-order valence-corrected chi connectivity index (χ2v) is 4.06. The van der Waals surface area contributed by atoms with E-state index in [1.807, 2.05) is 13.8 Å². The van der Waals surface area contributed by atoms with Gasteiger partial charge >= 0.3 is 0 Å². The molecule has 0 amide bonds. The predicted molar refractivity (Wildman–Crippen MR) is 58.2 cm³/mol. The van der Waals surface area contributed by atoms with Gasteiger partial charge in [0.25, 0.3) is 0 Å². The van der Waals surface area contributed by atoms with Gasteiger partial charge in [0.2, 0.25) is 0 Å². The SMILES string of the molecule is CC(C)CCC(=O)c1cc(O)ccc1O. The quantitative estimate of drug-likeness (QED) is 0.590. The maximum atomic E-state index is 11.7. The van der Waals surface area contributed by atoms with E-state index in [4.69, 9.17) is 0 Å². The standard InChI is InChI=1S/C12H16O3/c1-8(2)3-5-11(14)10-7-9(13)4-6-12(10)15/h4,6-8,13,15H,3,5H2,1-2H3. The Labute approximate surface area is 89.4 Å². The molecule has 0 aliphatic rings. The minimum Gasteiger partial charge on any atom is -0.508 e. The molecule has 0 saturated carbocycles. The summed E-state index contributed by atoms with van der Waals surface area (Å²) in [5, 5.41) is 18.6. The third kappa shape index (κ3) is 3.27. The van der Waals surface area contributed by atoms with E-state index in [0.29, 0.717) is 12.3 Å². The number of rotatable bonds is 4. The highest BCUT2D eigenvalue weighted by Crippen LogP contribution is 2.24. The molecule has 0 radical (unpaired) electrons. The van der Waals surface area contributed by atoms with Crippen molar-refractivity contribution in [3.8, 4) is 11.5 Å². The fourth-order valence-corrected chi connectivity index (χ4v) is 1.30. The first-order valence-electron chi connectivity index (χ1n) is 5.06. The summed E-state index contributed by atoms with van der Waals surface area (Å²) in [6.45, 7) is 4.07. The Morgan fingerprint density at radius 3 is 2.60 bits per heavy atom. The number of ketones is 1. The molecule has 3 heteroatoms. The third-order valence-corrected chi connectivity index (χ3v) is 2.23. The van der Waals surface area contributed by atoms with Crippen molar-refractivity contribution in [2.75, 3.05) is 0 Å². The molecule has 3 nitrogen and oxygen atoms in total.